The van der Waals surface area contributed by atoms with E-state index in [9.17, 15) is 9.18 Å². The Morgan fingerprint density at radius 2 is 2.00 bits per heavy atom. The Morgan fingerprint density at radius 1 is 1.08 bits per heavy atom. The van der Waals surface area contributed by atoms with Gasteiger partial charge in [-0.15, -0.1) is 0 Å². The van der Waals surface area contributed by atoms with Crippen molar-refractivity contribution in [2.24, 2.45) is 0 Å². The van der Waals surface area contributed by atoms with Gasteiger partial charge < -0.3 is 9.09 Å². The number of pyridine rings is 2. The molecule has 0 fully saturated rings. The van der Waals surface area contributed by atoms with Gasteiger partial charge in [0.1, 0.15) is 5.82 Å². The van der Waals surface area contributed by atoms with E-state index in [0.717, 1.165) is 5.56 Å². The van der Waals surface area contributed by atoms with Crippen LogP contribution in [0.5, 0.6) is 0 Å². The minimum Gasteiger partial charge on any atom is -0.334 e. The number of hydrogen-bond donors (Lipinski definition) is 0. The molecule has 0 saturated carbocycles. The predicted octanol–water partition coefficient (Wildman–Crippen LogP) is 3.15. The fraction of sp³-hybridized carbons (Fsp3) is 0.0526. The molecule has 0 atom stereocenters. The molecule has 0 unspecified atom stereocenters. The fourth-order valence-corrected chi connectivity index (χ4v) is 2.56. The van der Waals surface area contributed by atoms with Crippen LogP contribution in [0.4, 0.5) is 4.39 Å². The van der Waals surface area contributed by atoms with Crippen molar-refractivity contribution >= 4 is 0 Å². The summed E-state index contributed by atoms with van der Waals surface area (Å²) in [6.07, 6.45) is 5.03. The predicted molar refractivity (Wildman–Crippen MR) is 92.7 cm³/mol. The van der Waals surface area contributed by atoms with Gasteiger partial charge in [-0.25, -0.2) is 4.39 Å². The molecule has 3 heterocycles. The Morgan fingerprint density at radius 3 is 2.81 bits per heavy atom. The molecule has 0 N–H and O–H groups in total. The first kappa shape index (κ1) is 15.9. The second-order valence-electron chi connectivity index (χ2n) is 5.68. The maximum absolute atomic E-state index is 13.4. The van der Waals surface area contributed by atoms with Crippen LogP contribution in [0.3, 0.4) is 0 Å². The first-order chi connectivity index (χ1) is 12.7. The smallest absolute Gasteiger partial charge is 0.259 e. The lowest BCUT2D eigenvalue weighted by Crippen LogP contribution is -2.19. The van der Waals surface area contributed by atoms with E-state index in [-0.39, 0.29) is 23.1 Å². The lowest BCUT2D eigenvalue weighted by Gasteiger charge is -2.06. The highest BCUT2D eigenvalue weighted by Crippen LogP contribution is 2.22. The van der Waals surface area contributed by atoms with Gasteiger partial charge in [-0.3, -0.25) is 9.78 Å². The number of benzene rings is 1. The van der Waals surface area contributed by atoms with Crippen molar-refractivity contribution < 1.29 is 8.91 Å². The van der Waals surface area contributed by atoms with Crippen LogP contribution in [0, 0.1) is 5.82 Å². The van der Waals surface area contributed by atoms with E-state index in [0.29, 0.717) is 17.7 Å². The molecule has 1 aromatic carbocycles. The average molecular weight is 348 g/mol. The quantitative estimate of drug-likeness (QED) is 0.566. The largest absolute Gasteiger partial charge is 0.334 e. The summed E-state index contributed by atoms with van der Waals surface area (Å²) in [5.74, 6) is 0.160. The molecular formula is C19H13FN4O2. The van der Waals surface area contributed by atoms with Crippen LogP contribution < -0.4 is 5.56 Å². The zero-order valence-corrected chi connectivity index (χ0v) is 13.5. The number of rotatable bonds is 4. The molecule has 4 rings (SSSR count). The third-order valence-electron chi connectivity index (χ3n) is 3.81. The molecule has 0 bridgehead atoms. The number of halogens is 1. The van der Waals surface area contributed by atoms with E-state index in [1.165, 1.54) is 18.2 Å². The minimum absolute atomic E-state index is 0.150. The topological polar surface area (TPSA) is 73.8 Å². The molecule has 7 heteroatoms. The summed E-state index contributed by atoms with van der Waals surface area (Å²) in [4.78, 5) is 20.5. The molecule has 0 aliphatic rings. The van der Waals surface area contributed by atoms with Gasteiger partial charge in [-0.2, -0.15) is 4.98 Å². The van der Waals surface area contributed by atoms with Gasteiger partial charge in [-0.1, -0.05) is 23.4 Å². The normalized spacial score (nSPS) is 10.8. The second-order valence-corrected chi connectivity index (χ2v) is 5.68. The van der Waals surface area contributed by atoms with E-state index < -0.39 is 0 Å². The standard InChI is InChI=1S/C19H13FN4O2/c20-16-5-1-4-14(9-16)18-22-19(26-23-18)15-6-7-17(25)24(12-15)11-13-3-2-8-21-10-13/h1-10,12H,11H2. The van der Waals surface area contributed by atoms with Gasteiger partial charge in [0.05, 0.1) is 12.1 Å². The average Bonchev–Trinajstić information content (AvgIpc) is 3.15. The van der Waals surface area contributed by atoms with Gasteiger partial charge in [0, 0.05) is 30.2 Å². The third-order valence-corrected chi connectivity index (χ3v) is 3.81. The molecular weight excluding hydrogens is 335 g/mol. The van der Waals surface area contributed by atoms with Gasteiger partial charge >= 0.3 is 0 Å². The van der Waals surface area contributed by atoms with Crippen molar-refractivity contribution in [1.82, 2.24) is 19.7 Å². The number of aromatic nitrogens is 4. The Labute approximate surface area is 147 Å². The van der Waals surface area contributed by atoms with Crippen molar-refractivity contribution in [3.05, 3.63) is 88.9 Å². The summed E-state index contributed by atoms with van der Waals surface area (Å²) < 4.78 is 20.2. The van der Waals surface area contributed by atoms with E-state index in [2.05, 4.69) is 15.1 Å². The number of nitrogens with zero attached hydrogens (tertiary/aromatic N) is 4. The monoisotopic (exact) mass is 348 g/mol. The van der Waals surface area contributed by atoms with E-state index in [4.69, 9.17) is 4.52 Å². The molecule has 0 aliphatic heterocycles. The molecule has 0 spiro atoms. The van der Waals surface area contributed by atoms with Crippen molar-refractivity contribution in [2.75, 3.05) is 0 Å². The molecule has 3 aromatic heterocycles. The van der Waals surface area contributed by atoms with Crippen molar-refractivity contribution in [3.63, 3.8) is 0 Å². The van der Waals surface area contributed by atoms with Crippen LogP contribution in [0.1, 0.15) is 5.56 Å². The van der Waals surface area contributed by atoms with E-state index in [1.807, 2.05) is 12.1 Å². The van der Waals surface area contributed by atoms with Gasteiger partial charge in [0.2, 0.25) is 5.82 Å². The van der Waals surface area contributed by atoms with E-state index >= 15 is 0 Å². The molecule has 0 radical (unpaired) electrons. The first-order valence-electron chi connectivity index (χ1n) is 7.88. The lowest BCUT2D eigenvalue weighted by atomic mass is 10.2. The molecule has 0 amide bonds. The van der Waals surface area contributed by atoms with Gasteiger partial charge in [0.25, 0.3) is 11.4 Å². The Hall–Kier alpha value is -3.61. The minimum atomic E-state index is -0.376. The van der Waals surface area contributed by atoms with Crippen molar-refractivity contribution in [1.29, 1.82) is 0 Å². The van der Waals surface area contributed by atoms with Crippen LogP contribution in [0.15, 0.2) is 76.4 Å². The van der Waals surface area contributed by atoms with Gasteiger partial charge in [-0.05, 0) is 29.8 Å². The highest BCUT2D eigenvalue weighted by atomic mass is 19.1. The molecule has 6 nitrogen and oxygen atoms in total. The molecule has 0 aliphatic carbocycles. The SMILES string of the molecule is O=c1ccc(-c2nc(-c3cccc(F)c3)no2)cn1Cc1cccnc1. The highest BCUT2D eigenvalue weighted by molar-refractivity contribution is 5.59. The molecule has 0 saturated heterocycles. The summed E-state index contributed by atoms with van der Waals surface area (Å²) in [5.41, 5.74) is 1.87. The molecule has 26 heavy (non-hydrogen) atoms. The third kappa shape index (κ3) is 3.27. The Kier molecular flexibility index (Phi) is 4.10. The number of hydrogen-bond acceptors (Lipinski definition) is 5. The van der Waals surface area contributed by atoms with Crippen LogP contribution in [-0.4, -0.2) is 19.7 Å². The van der Waals surface area contributed by atoms with Crippen LogP contribution >= 0.6 is 0 Å². The highest BCUT2D eigenvalue weighted by Gasteiger charge is 2.12. The van der Waals surface area contributed by atoms with Gasteiger partial charge in [0.15, 0.2) is 0 Å². The molecule has 128 valence electrons. The summed E-state index contributed by atoms with van der Waals surface area (Å²) >= 11 is 0. The summed E-state index contributed by atoms with van der Waals surface area (Å²) in [7, 11) is 0. The summed E-state index contributed by atoms with van der Waals surface area (Å²) in [6, 6.07) is 12.7. The maximum atomic E-state index is 13.4. The first-order valence-corrected chi connectivity index (χ1v) is 7.88. The zero-order valence-electron chi connectivity index (χ0n) is 13.5. The molecule has 4 aromatic rings. The van der Waals surface area contributed by atoms with Crippen LogP contribution in [0.25, 0.3) is 22.8 Å². The van der Waals surface area contributed by atoms with Crippen LogP contribution in [0.2, 0.25) is 0 Å². The van der Waals surface area contributed by atoms with Crippen LogP contribution in [-0.2, 0) is 6.54 Å². The van der Waals surface area contributed by atoms with Crippen molar-refractivity contribution in [3.8, 4) is 22.8 Å². The van der Waals surface area contributed by atoms with Crippen molar-refractivity contribution in [2.45, 2.75) is 6.54 Å². The summed E-state index contributed by atoms with van der Waals surface area (Å²) in [6.45, 7) is 0.380. The fourth-order valence-electron chi connectivity index (χ4n) is 2.56. The Bertz CT molecular complexity index is 1110. The zero-order chi connectivity index (χ0) is 17.9. The lowest BCUT2D eigenvalue weighted by molar-refractivity contribution is 0.432. The Balaban J connectivity index is 1.66. The maximum Gasteiger partial charge on any atom is 0.259 e. The summed E-state index contributed by atoms with van der Waals surface area (Å²) in [5, 5.41) is 3.89. The van der Waals surface area contributed by atoms with E-state index in [1.54, 1.807) is 41.4 Å². The second kappa shape index (κ2) is 6.72.